The average molecular weight is 699 g/mol. The van der Waals surface area contributed by atoms with E-state index in [2.05, 4.69) is 86.8 Å². The van der Waals surface area contributed by atoms with Gasteiger partial charge in [0.2, 0.25) is 0 Å². The van der Waals surface area contributed by atoms with Crippen LogP contribution in [0.5, 0.6) is 0 Å². The molecule has 0 fully saturated rings. The quantitative estimate of drug-likeness (QED) is 0.0333. The number of carbonyl (C=O) groups excluding carboxylic acids is 2. The van der Waals surface area contributed by atoms with E-state index >= 15 is 0 Å². The minimum Gasteiger partial charge on any atom is -0.477 e. The fourth-order valence-electron chi connectivity index (χ4n) is 4.70. The molecule has 0 heterocycles. The first-order valence-electron chi connectivity index (χ1n) is 18.6. The largest absolute Gasteiger partial charge is 0.477 e. The van der Waals surface area contributed by atoms with Gasteiger partial charge in [0.05, 0.1) is 34.4 Å². The predicted octanol–water partition coefficient (Wildman–Crippen LogP) is 9.40. The van der Waals surface area contributed by atoms with Crippen LogP contribution in [-0.4, -0.2) is 80.6 Å². The van der Waals surface area contributed by atoms with Crippen molar-refractivity contribution in [2.24, 2.45) is 0 Å². The molecule has 0 rings (SSSR count). The second-order valence-corrected chi connectivity index (χ2v) is 13.1. The molecule has 8 nitrogen and oxygen atoms in total. The summed E-state index contributed by atoms with van der Waals surface area (Å²) in [6.07, 6.45) is 41.0. The summed E-state index contributed by atoms with van der Waals surface area (Å²) in [5.41, 5.74) is 0. The molecule has 0 aliphatic heterocycles. The summed E-state index contributed by atoms with van der Waals surface area (Å²) >= 11 is 0. The lowest BCUT2D eigenvalue weighted by Crippen LogP contribution is -2.50. The summed E-state index contributed by atoms with van der Waals surface area (Å²) in [5, 5.41) is 9.56. The number of likely N-dealkylation sites (N-methyl/N-ethyl adjacent to an activating group) is 1. The van der Waals surface area contributed by atoms with E-state index in [1.807, 2.05) is 33.3 Å². The van der Waals surface area contributed by atoms with Gasteiger partial charge in [-0.15, -0.1) is 0 Å². The Labute approximate surface area is 303 Å². The number of unbranched alkanes of at least 4 members (excludes halogenated alkanes) is 3. The molecule has 50 heavy (non-hydrogen) atoms. The summed E-state index contributed by atoms with van der Waals surface area (Å²) < 4.78 is 17.0. The Morgan fingerprint density at radius 3 is 1.60 bits per heavy atom. The highest BCUT2D eigenvalue weighted by Gasteiger charge is 2.31. The van der Waals surface area contributed by atoms with E-state index in [-0.39, 0.29) is 49.1 Å². The fraction of sp³-hybridized carbons (Fsp3) is 0.595. The van der Waals surface area contributed by atoms with Gasteiger partial charge in [-0.3, -0.25) is 9.59 Å². The smallest absolute Gasteiger partial charge is 0.362 e. The molecule has 282 valence electrons. The number of ether oxygens (including phenoxy) is 3. The normalized spacial score (nSPS) is 14.0. The number of esters is 2. The van der Waals surface area contributed by atoms with Crippen molar-refractivity contribution in [2.75, 3.05) is 41.0 Å². The van der Waals surface area contributed by atoms with Gasteiger partial charge >= 0.3 is 17.9 Å². The first-order valence-corrected chi connectivity index (χ1v) is 18.6. The highest BCUT2D eigenvalue weighted by molar-refractivity contribution is 5.72. The number of carbonyl (C=O) groups is 3. The van der Waals surface area contributed by atoms with Gasteiger partial charge in [0, 0.05) is 19.3 Å². The Morgan fingerprint density at radius 1 is 0.600 bits per heavy atom. The number of quaternary nitrogens is 1. The van der Waals surface area contributed by atoms with E-state index in [4.69, 9.17) is 14.2 Å². The first-order chi connectivity index (χ1) is 24.1. The minimum absolute atomic E-state index is 0.0240. The number of hydrogen-bond donors (Lipinski definition) is 1. The Hall–Kier alpha value is -3.49. The van der Waals surface area contributed by atoms with Gasteiger partial charge in [-0.1, -0.05) is 105 Å². The summed E-state index contributed by atoms with van der Waals surface area (Å²) in [6, 6.07) is -0.631. The van der Waals surface area contributed by atoms with Crippen LogP contribution in [0.4, 0.5) is 0 Å². The molecule has 0 aromatic heterocycles. The van der Waals surface area contributed by atoms with Crippen molar-refractivity contribution in [1.82, 2.24) is 0 Å². The molecule has 0 aromatic carbocycles. The zero-order valence-electron chi connectivity index (χ0n) is 31.8. The lowest BCUT2D eigenvalue weighted by Gasteiger charge is -2.31. The van der Waals surface area contributed by atoms with Crippen molar-refractivity contribution < 1.29 is 38.2 Å². The summed E-state index contributed by atoms with van der Waals surface area (Å²) in [5.74, 6) is -1.62. The van der Waals surface area contributed by atoms with Gasteiger partial charge in [0.1, 0.15) is 6.61 Å². The van der Waals surface area contributed by atoms with Crippen LogP contribution in [0, 0.1) is 0 Å². The predicted molar refractivity (Wildman–Crippen MR) is 206 cm³/mol. The van der Waals surface area contributed by atoms with Gasteiger partial charge in [-0.2, -0.15) is 0 Å². The molecule has 0 saturated heterocycles. The summed E-state index contributed by atoms with van der Waals surface area (Å²) in [6.45, 7) is 4.33. The molecule has 0 spiro atoms. The maximum Gasteiger partial charge on any atom is 0.362 e. The Balaban J connectivity index is 4.48. The van der Waals surface area contributed by atoms with E-state index < -0.39 is 18.1 Å². The van der Waals surface area contributed by atoms with Crippen LogP contribution in [0.15, 0.2) is 85.1 Å². The van der Waals surface area contributed by atoms with E-state index in [0.717, 1.165) is 64.2 Å². The highest BCUT2D eigenvalue weighted by atomic mass is 16.6. The number of allylic oxidation sites excluding steroid dienone is 14. The zero-order chi connectivity index (χ0) is 37.1. The van der Waals surface area contributed by atoms with E-state index in [9.17, 15) is 19.5 Å². The van der Waals surface area contributed by atoms with Crippen LogP contribution in [0.25, 0.3) is 0 Å². The standard InChI is InChI=1S/C42H67NO7/c1-6-8-10-12-14-15-16-17-18-19-20-21-22-23-24-25-27-29-31-33-41(45)50-38(36-48-35-34-39(42(46)47)43(3,4)5)37-49-40(44)32-30-28-26-13-11-9-7-2/h8-11,14-15,17-18,20-21,23-24,26,28,38-39H,6-7,12-13,16,19,22,25,27,29-37H2,1-5H3/p+1/b10-8+,11-9+,15-14+,18-17+,21-20+,24-23+,28-26+. The van der Waals surface area contributed by atoms with Gasteiger partial charge in [-0.25, -0.2) is 4.79 Å². The number of nitrogens with zero attached hydrogens (tertiary/aromatic N) is 1. The first kappa shape index (κ1) is 46.5. The molecule has 0 aromatic rings. The molecule has 0 saturated carbocycles. The number of carboxylic acids is 1. The van der Waals surface area contributed by atoms with Crippen LogP contribution < -0.4 is 0 Å². The van der Waals surface area contributed by atoms with Crippen LogP contribution in [0.3, 0.4) is 0 Å². The summed E-state index contributed by atoms with van der Waals surface area (Å²) in [7, 11) is 5.47. The van der Waals surface area contributed by atoms with Crippen LogP contribution >= 0.6 is 0 Å². The fourth-order valence-corrected chi connectivity index (χ4v) is 4.70. The molecule has 1 N–H and O–H groups in total. The van der Waals surface area contributed by atoms with E-state index in [1.54, 1.807) is 0 Å². The van der Waals surface area contributed by atoms with Crippen LogP contribution in [0.2, 0.25) is 0 Å². The molecule has 0 aliphatic rings. The Bertz CT molecular complexity index is 1090. The number of rotatable bonds is 31. The third-order valence-electron chi connectivity index (χ3n) is 7.55. The molecule has 2 atom stereocenters. The monoisotopic (exact) mass is 698 g/mol. The van der Waals surface area contributed by atoms with Crippen LogP contribution in [0.1, 0.15) is 110 Å². The number of carboxylic acid groups (broad SMARTS) is 1. The molecular weight excluding hydrogens is 630 g/mol. The average Bonchev–Trinajstić information content (AvgIpc) is 3.06. The Kier molecular flexibility index (Phi) is 30.4. The lowest BCUT2D eigenvalue weighted by molar-refractivity contribution is -0.887. The molecular formula is C42H68NO7+. The van der Waals surface area contributed by atoms with E-state index in [0.29, 0.717) is 19.3 Å². The van der Waals surface area contributed by atoms with Crippen molar-refractivity contribution in [3.05, 3.63) is 85.1 Å². The lowest BCUT2D eigenvalue weighted by atomic mass is 10.1. The molecule has 2 unspecified atom stereocenters. The molecule has 8 heteroatoms. The van der Waals surface area contributed by atoms with Crippen molar-refractivity contribution in [3.63, 3.8) is 0 Å². The second kappa shape index (κ2) is 32.7. The van der Waals surface area contributed by atoms with Crippen molar-refractivity contribution >= 4 is 17.9 Å². The second-order valence-electron chi connectivity index (χ2n) is 13.1. The van der Waals surface area contributed by atoms with Crippen molar-refractivity contribution in [3.8, 4) is 0 Å². The molecule has 0 bridgehead atoms. The SMILES string of the molecule is CC/C=C/C/C=C/C/C=C/C/C=C/C/C=C/CCCCCC(=O)OC(COCCC(C(=O)O)[N+](C)(C)C)COC(=O)CC/C=C/C/C=C/CC. The van der Waals surface area contributed by atoms with Gasteiger partial charge in [-0.05, 0) is 70.6 Å². The van der Waals surface area contributed by atoms with Gasteiger partial charge in [0.25, 0.3) is 0 Å². The third-order valence-corrected chi connectivity index (χ3v) is 7.55. The zero-order valence-corrected chi connectivity index (χ0v) is 31.8. The van der Waals surface area contributed by atoms with Crippen LogP contribution in [-0.2, 0) is 28.6 Å². The van der Waals surface area contributed by atoms with E-state index in [1.165, 1.54) is 0 Å². The maximum atomic E-state index is 12.6. The highest BCUT2D eigenvalue weighted by Crippen LogP contribution is 2.11. The van der Waals surface area contributed by atoms with Crippen molar-refractivity contribution in [1.29, 1.82) is 0 Å². The molecule has 0 radical (unpaired) electrons. The van der Waals surface area contributed by atoms with Gasteiger partial charge < -0.3 is 23.8 Å². The summed E-state index contributed by atoms with van der Waals surface area (Å²) in [4.78, 5) is 36.6. The number of aliphatic carboxylic acids is 1. The minimum atomic E-state index is -0.894. The third kappa shape index (κ3) is 30.6. The molecule has 0 amide bonds. The van der Waals surface area contributed by atoms with Gasteiger partial charge in [0.15, 0.2) is 12.1 Å². The number of hydrogen-bond acceptors (Lipinski definition) is 6. The topological polar surface area (TPSA) is 99.1 Å². The maximum absolute atomic E-state index is 12.6. The molecule has 0 aliphatic carbocycles. The van der Waals surface area contributed by atoms with Crippen molar-refractivity contribution in [2.45, 2.75) is 122 Å². The Morgan fingerprint density at radius 2 is 1.10 bits per heavy atom.